The van der Waals surface area contributed by atoms with Crippen LogP contribution < -0.4 is 11.1 Å². The van der Waals surface area contributed by atoms with E-state index in [1.807, 2.05) is 0 Å². The summed E-state index contributed by atoms with van der Waals surface area (Å²) in [7, 11) is 0. The summed E-state index contributed by atoms with van der Waals surface area (Å²) in [6.07, 6.45) is 0. The van der Waals surface area contributed by atoms with E-state index in [1.165, 1.54) is 13.8 Å². The molecule has 0 aliphatic carbocycles. The second kappa shape index (κ2) is 7.39. The predicted octanol–water partition coefficient (Wildman–Crippen LogP) is -0.974. The second-order valence-corrected chi connectivity index (χ2v) is 3.33. The van der Waals surface area contributed by atoms with Crippen molar-refractivity contribution in [1.82, 2.24) is 5.32 Å². The van der Waals surface area contributed by atoms with Gasteiger partial charge in [0.05, 0.1) is 6.61 Å². The summed E-state index contributed by atoms with van der Waals surface area (Å²) >= 11 is 0. The van der Waals surface area contributed by atoms with Crippen LogP contribution in [0, 0.1) is 0 Å². The molecule has 0 saturated carbocycles. The van der Waals surface area contributed by atoms with Gasteiger partial charge in [-0.2, -0.15) is 0 Å². The number of rotatable bonds is 7. The van der Waals surface area contributed by atoms with Crippen LogP contribution in [-0.2, 0) is 19.1 Å². The third-order valence-electron chi connectivity index (χ3n) is 2.00. The van der Waals surface area contributed by atoms with Crippen LogP contribution in [0.2, 0.25) is 0 Å². The highest BCUT2D eigenvalue weighted by atomic mass is 16.5. The van der Waals surface area contributed by atoms with Gasteiger partial charge >= 0.3 is 5.97 Å². The Balaban J connectivity index is 3.99. The standard InChI is InChI=1S/C10H16N2O5/c1-6(7(2)10(15)16)9(14)12-3-4-17-5-8(11)13/h3-5H2,1-2H3,(H2,11,13)(H,12,14)(H,15,16). The summed E-state index contributed by atoms with van der Waals surface area (Å²) in [5, 5.41) is 11.1. The lowest BCUT2D eigenvalue weighted by molar-refractivity contribution is -0.133. The van der Waals surface area contributed by atoms with Crippen LogP contribution in [0.15, 0.2) is 11.1 Å². The molecule has 0 aliphatic heterocycles. The Bertz CT molecular complexity index is 349. The van der Waals surface area contributed by atoms with Gasteiger partial charge in [0, 0.05) is 17.7 Å². The lowest BCUT2D eigenvalue weighted by Crippen LogP contribution is -2.30. The summed E-state index contributed by atoms with van der Waals surface area (Å²) in [5.41, 5.74) is 4.95. The number of ether oxygens (including phenoxy) is 1. The van der Waals surface area contributed by atoms with Crippen LogP contribution in [0.3, 0.4) is 0 Å². The highest BCUT2D eigenvalue weighted by Gasteiger charge is 2.11. The minimum absolute atomic E-state index is 0.0134. The molecule has 0 heterocycles. The molecule has 0 aromatic heterocycles. The number of carbonyl (C=O) groups is 3. The minimum atomic E-state index is -1.14. The van der Waals surface area contributed by atoms with Crippen LogP contribution in [0.5, 0.6) is 0 Å². The van der Waals surface area contributed by atoms with E-state index < -0.39 is 17.8 Å². The van der Waals surface area contributed by atoms with Crippen molar-refractivity contribution < 1.29 is 24.2 Å². The van der Waals surface area contributed by atoms with Crippen molar-refractivity contribution in [1.29, 1.82) is 0 Å². The molecule has 7 nitrogen and oxygen atoms in total. The summed E-state index contributed by atoms with van der Waals surface area (Å²) in [6.45, 7) is 2.87. The third-order valence-corrected chi connectivity index (χ3v) is 2.00. The number of carbonyl (C=O) groups excluding carboxylic acids is 2. The van der Waals surface area contributed by atoms with Crippen molar-refractivity contribution in [3.8, 4) is 0 Å². The monoisotopic (exact) mass is 244 g/mol. The Morgan fingerprint density at radius 1 is 1.24 bits per heavy atom. The van der Waals surface area contributed by atoms with Gasteiger partial charge in [-0.1, -0.05) is 0 Å². The average Bonchev–Trinajstić information content (AvgIpc) is 2.25. The molecule has 0 radical (unpaired) electrons. The van der Waals surface area contributed by atoms with E-state index in [0.29, 0.717) is 0 Å². The highest BCUT2D eigenvalue weighted by molar-refractivity contribution is 6.01. The van der Waals surface area contributed by atoms with Gasteiger partial charge in [-0.15, -0.1) is 0 Å². The first-order valence-corrected chi connectivity index (χ1v) is 4.91. The van der Waals surface area contributed by atoms with E-state index in [1.54, 1.807) is 0 Å². The highest BCUT2D eigenvalue weighted by Crippen LogP contribution is 2.02. The SMILES string of the molecule is CC(C(=O)O)=C(C)C(=O)NCCOCC(N)=O. The van der Waals surface area contributed by atoms with Crippen molar-refractivity contribution in [2.24, 2.45) is 5.73 Å². The van der Waals surface area contributed by atoms with E-state index in [-0.39, 0.29) is 30.9 Å². The van der Waals surface area contributed by atoms with E-state index in [2.05, 4.69) is 5.32 Å². The molecule has 0 aromatic carbocycles. The normalized spacial score (nSPS) is 11.6. The Morgan fingerprint density at radius 2 is 1.82 bits per heavy atom. The Hall–Kier alpha value is -1.89. The van der Waals surface area contributed by atoms with Gasteiger partial charge in [-0.05, 0) is 13.8 Å². The molecule has 0 aliphatic rings. The first kappa shape index (κ1) is 15.1. The fourth-order valence-electron chi connectivity index (χ4n) is 0.873. The molecule has 7 heteroatoms. The minimum Gasteiger partial charge on any atom is -0.478 e. The van der Waals surface area contributed by atoms with Gasteiger partial charge in [-0.25, -0.2) is 4.79 Å². The topological polar surface area (TPSA) is 119 Å². The van der Waals surface area contributed by atoms with Gasteiger partial charge < -0.3 is 20.9 Å². The van der Waals surface area contributed by atoms with Crippen LogP contribution in [0.1, 0.15) is 13.8 Å². The van der Waals surface area contributed by atoms with Crippen LogP contribution >= 0.6 is 0 Å². The zero-order valence-corrected chi connectivity index (χ0v) is 9.78. The fourth-order valence-corrected chi connectivity index (χ4v) is 0.873. The largest absolute Gasteiger partial charge is 0.478 e. The van der Waals surface area contributed by atoms with Crippen molar-refractivity contribution >= 4 is 17.8 Å². The van der Waals surface area contributed by atoms with Crippen molar-refractivity contribution in [3.63, 3.8) is 0 Å². The maximum absolute atomic E-state index is 11.4. The molecule has 0 fully saturated rings. The quantitative estimate of drug-likeness (QED) is 0.393. The summed E-state index contributed by atoms with van der Waals surface area (Å²) in [5.74, 6) is -2.20. The molecule has 2 amide bonds. The molecule has 0 rings (SSSR count). The molecule has 0 saturated heterocycles. The summed E-state index contributed by atoms with van der Waals surface area (Å²) in [6, 6.07) is 0. The van der Waals surface area contributed by atoms with Crippen LogP contribution in [0.4, 0.5) is 0 Å². The number of aliphatic carboxylic acids is 1. The zero-order valence-electron chi connectivity index (χ0n) is 9.78. The number of carboxylic acid groups (broad SMARTS) is 1. The molecule has 0 bridgehead atoms. The average molecular weight is 244 g/mol. The van der Waals surface area contributed by atoms with E-state index >= 15 is 0 Å². The smallest absolute Gasteiger partial charge is 0.331 e. The second-order valence-electron chi connectivity index (χ2n) is 3.33. The first-order valence-electron chi connectivity index (χ1n) is 4.91. The molecule has 0 unspecified atom stereocenters. The van der Waals surface area contributed by atoms with Gasteiger partial charge in [0.1, 0.15) is 6.61 Å². The number of primary amides is 1. The molecule has 0 atom stereocenters. The van der Waals surface area contributed by atoms with Gasteiger partial charge in [-0.3, -0.25) is 9.59 Å². The third kappa shape index (κ3) is 6.31. The lowest BCUT2D eigenvalue weighted by Gasteiger charge is -2.06. The molecule has 0 spiro atoms. The Kier molecular flexibility index (Phi) is 6.57. The number of hydrogen-bond acceptors (Lipinski definition) is 4. The number of nitrogens with one attached hydrogen (secondary N) is 1. The van der Waals surface area contributed by atoms with Crippen molar-refractivity contribution in [2.45, 2.75) is 13.8 Å². The van der Waals surface area contributed by atoms with Gasteiger partial charge in [0.25, 0.3) is 0 Å². The van der Waals surface area contributed by atoms with E-state index in [0.717, 1.165) is 0 Å². The Labute approximate surface area is 98.6 Å². The molecular formula is C10H16N2O5. The predicted molar refractivity (Wildman–Crippen MR) is 59.0 cm³/mol. The molecule has 4 N–H and O–H groups in total. The van der Waals surface area contributed by atoms with Crippen LogP contribution in [-0.4, -0.2) is 42.6 Å². The van der Waals surface area contributed by atoms with Gasteiger partial charge in [0.15, 0.2) is 0 Å². The molecule has 0 aromatic rings. The molecular weight excluding hydrogens is 228 g/mol. The van der Waals surface area contributed by atoms with Crippen molar-refractivity contribution in [2.75, 3.05) is 19.8 Å². The van der Waals surface area contributed by atoms with E-state index in [4.69, 9.17) is 15.6 Å². The van der Waals surface area contributed by atoms with Crippen molar-refractivity contribution in [3.05, 3.63) is 11.1 Å². The Morgan fingerprint density at radius 3 is 2.29 bits per heavy atom. The molecule has 17 heavy (non-hydrogen) atoms. The number of nitrogens with two attached hydrogens (primary N) is 1. The molecule has 96 valence electrons. The first-order chi connectivity index (χ1) is 7.86. The number of hydrogen-bond donors (Lipinski definition) is 3. The summed E-state index contributed by atoms with van der Waals surface area (Å²) < 4.78 is 4.81. The summed E-state index contributed by atoms with van der Waals surface area (Å²) in [4.78, 5) is 32.3. The lowest BCUT2D eigenvalue weighted by atomic mass is 10.1. The fraction of sp³-hybridized carbons (Fsp3) is 0.500. The zero-order chi connectivity index (χ0) is 13.4. The van der Waals surface area contributed by atoms with Gasteiger partial charge in [0.2, 0.25) is 11.8 Å². The number of amides is 2. The maximum atomic E-state index is 11.4. The maximum Gasteiger partial charge on any atom is 0.331 e. The van der Waals surface area contributed by atoms with Crippen LogP contribution in [0.25, 0.3) is 0 Å². The number of carboxylic acids is 1. The van der Waals surface area contributed by atoms with E-state index in [9.17, 15) is 14.4 Å².